The van der Waals surface area contributed by atoms with E-state index in [1.807, 2.05) is 12.1 Å². The third kappa shape index (κ3) is 3.97. The van der Waals surface area contributed by atoms with Crippen molar-refractivity contribution in [1.82, 2.24) is 4.90 Å². The first-order chi connectivity index (χ1) is 17.6. The molecule has 0 radical (unpaired) electrons. The van der Waals surface area contributed by atoms with Crippen LogP contribution >= 0.6 is 0 Å². The molecule has 1 N–H and O–H groups in total. The fourth-order valence-corrected chi connectivity index (χ4v) is 6.85. The summed E-state index contributed by atoms with van der Waals surface area (Å²) in [5.74, 6) is 1.33. The number of rotatable bonds is 14. The van der Waals surface area contributed by atoms with Crippen molar-refractivity contribution in [3.63, 3.8) is 0 Å². The molecule has 4 aliphatic rings. The lowest BCUT2D eigenvalue weighted by molar-refractivity contribution is -0.245. The van der Waals surface area contributed by atoms with Gasteiger partial charge in [0, 0.05) is 44.8 Å². The number of benzene rings is 1. The van der Waals surface area contributed by atoms with Gasteiger partial charge in [0.15, 0.2) is 30.2 Å². The third-order valence-electron chi connectivity index (χ3n) is 8.25. The molecule has 2 aliphatic carbocycles. The largest absolute Gasteiger partial charge is 0.477 e. The number of hydrogen-bond acceptors (Lipinski definition) is 9. The lowest BCUT2D eigenvalue weighted by atomic mass is 9.49. The molecule has 0 unspecified atom stereocenters. The number of nitrogens with zero attached hydrogens (tertiary/aromatic N) is 1. The number of aliphatic hydroxyl groups excluding tert-OH is 1. The van der Waals surface area contributed by atoms with E-state index in [4.69, 9.17) is 33.5 Å². The van der Waals surface area contributed by atoms with Gasteiger partial charge in [-0.2, -0.15) is 0 Å². The predicted molar refractivity (Wildman–Crippen MR) is 130 cm³/mol. The Morgan fingerprint density at radius 2 is 2.08 bits per heavy atom. The summed E-state index contributed by atoms with van der Waals surface area (Å²) in [6.07, 6.45) is 4.40. The number of aliphatic hydroxyl groups is 1. The molecule has 0 amide bonds. The van der Waals surface area contributed by atoms with Crippen LogP contribution in [0, 0.1) is 0 Å². The Morgan fingerprint density at radius 3 is 2.89 bits per heavy atom. The third-order valence-corrected chi connectivity index (χ3v) is 8.25. The molecule has 9 heteroatoms. The van der Waals surface area contributed by atoms with Crippen LogP contribution in [-0.2, 0) is 35.6 Å². The van der Waals surface area contributed by atoms with Crippen LogP contribution in [0.1, 0.15) is 36.8 Å². The van der Waals surface area contributed by atoms with Crippen molar-refractivity contribution >= 4 is 5.78 Å². The molecular weight excluding hydrogens is 466 g/mol. The second kappa shape index (κ2) is 10.8. The van der Waals surface area contributed by atoms with Crippen LogP contribution in [0.2, 0.25) is 0 Å². The van der Waals surface area contributed by atoms with Gasteiger partial charge in [0.05, 0.1) is 25.2 Å². The van der Waals surface area contributed by atoms with E-state index in [0.717, 1.165) is 31.5 Å². The van der Waals surface area contributed by atoms with E-state index in [1.54, 1.807) is 7.11 Å². The number of carbonyl (C=O) groups excluding carboxylic acids is 1. The van der Waals surface area contributed by atoms with E-state index in [1.165, 1.54) is 5.56 Å². The average molecular weight is 504 g/mol. The van der Waals surface area contributed by atoms with Gasteiger partial charge in [-0.25, -0.2) is 0 Å². The Bertz CT molecular complexity index is 969. The maximum Gasteiger partial charge on any atom is 0.189 e. The van der Waals surface area contributed by atoms with E-state index in [0.29, 0.717) is 50.6 Å². The molecule has 1 spiro atoms. The maximum atomic E-state index is 13.4. The zero-order chi connectivity index (χ0) is 25.2. The zero-order valence-electron chi connectivity index (χ0n) is 21.0. The number of Topliss-reactive ketones (excluding diaryl/α,β-unsaturated/α-hetero) is 1. The highest BCUT2D eigenvalue weighted by atomic mass is 16.7. The van der Waals surface area contributed by atoms with Gasteiger partial charge >= 0.3 is 0 Å². The van der Waals surface area contributed by atoms with Crippen LogP contribution in [0.5, 0.6) is 11.5 Å². The highest BCUT2D eigenvalue weighted by molar-refractivity contribution is 5.90. The van der Waals surface area contributed by atoms with Crippen molar-refractivity contribution in [1.29, 1.82) is 0 Å². The number of carbonyl (C=O) groups is 1. The van der Waals surface area contributed by atoms with Gasteiger partial charge in [-0.3, -0.25) is 9.69 Å². The Balaban J connectivity index is 1.53. The molecule has 9 nitrogen and oxygen atoms in total. The summed E-state index contributed by atoms with van der Waals surface area (Å²) in [6.45, 7) is 7.15. The quantitative estimate of drug-likeness (QED) is 0.232. The van der Waals surface area contributed by atoms with Crippen molar-refractivity contribution in [2.75, 3.05) is 60.2 Å². The van der Waals surface area contributed by atoms with E-state index >= 15 is 0 Å². The van der Waals surface area contributed by atoms with Gasteiger partial charge in [0.2, 0.25) is 0 Å². The zero-order valence-corrected chi connectivity index (χ0v) is 21.0. The Hall–Kier alpha value is -2.01. The fraction of sp³-hybridized carbons (Fsp3) is 0.667. The number of ether oxygens (including phenoxy) is 6. The number of methoxy groups -OCH3 is 1. The molecule has 36 heavy (non-hydrogen) atoms. The lowest BCUT2D eigenvalue weighted by Gasteiger charge is -2.64. The first-order valence-electron chi connectivity index (χ1n) is 12.9. The number of likely N-dealkylation sites (tertiary alicyclic amines) is 1. The standard InChI is InChI=1S/C27H37NO8/c1-3-10-28-11-9-26-23-19-5-6-21(34-17-32-13-4-12-29)24(23)36-25(26)20(30)7-8-27(26,22(28)16-19)35-18-33-15-14-31-2/h3,5-6,22,25,29H,1,4,7-18H2,2H3/t22-,25+,26+,27-/m1/s1. The van der Waals surface area contributed by atoms with E-state index in [9.17, 15) is 4.79 Å². The van der Waals surface area contributed by atoms with Gasteiger partial charge in [-0.05, 0) is 37.3 Å². The van der Waals surface area contributed by atoms with Gasteiger partial charge in [0.25, 0.3) is 0 Å². The molecule has 2 aliphatic heterocycles. The average Bonchev–Trinajstić information content (AvgIpc) is 3.24. The van der Waals surface area contributed by atoms with Crippen LogP contribution < -0.4 is 9.47 Å². The number of ketones is 1. The molecule has 198 valence electrons. The molecule has 1 saturated heterocycles. The summed E-state index contributed by atoms with van der Waals surface area (Å²) in [5, 5.41) is 8.97. The Morgan fingerprint density at radius 1 is 1.22 bits per heavy atom. The Labute approximate surface area is 212 Å². The fourth-order valence-electron chi connectivity index (χ4n) is 6.85. The molecule has 2 bridgehead atoms. The van der Waals surface area contributed by atoms with Gasteiger partial charge in [-0.15, -0.1) is 6.58 Å². The molecule has 2 fully saturated rings. The molecule has 0 aromatic heterocycles. The Kier molecular flexibility index (Phi) is 7.67. The van der Waals surface area contributed by atoms with Crippen molar-refractivity contribution < 1.29 is 38.3 Å². The summed E-state index contributed by atoms with van der Waals surface area (Å²) < 4.78 is 35.6. The number of piperidine rings is 1. The van der Waals surface area contributed by atoms with Crippen molar-refractivity contribution in [3.8, 4) is 11.5 Å². The monoisotopic (exact) mass is 503 g/mol. The topological polar surface area (TPSA) is 95.9 Å². The molecular formula is C27H37NO8. The normalized spacial score (nSPS) is 30.1. The summed E-state index contributed by atoms with van der Waals surface area (Å²) in [4.78, 5) is 15.8. The van der Waals surface area contributed by atoms with Crippen molar-refractivity contribution in [3.05, 3.63) is 35.9 Å². The van der Waals surface area contributed by atoms with Crippen LogP contribution in [0.4, 0.5) is 0 Å². The summed E-state index contributed by atoms with van der Waals surface area (Å²) in [6, 6.07) is 4.08. The van der Waals surface area contributed by atoms with Gasteiger partial charge < -0.3 is 33.5 Å². The van der Waals surface area contributed by atoms with Crippen LogP contribution in [0.3, 0.4) is 0 Å². The summed E-state index contributed by atoms with van der Waals surface area (Å²) in [7, 11) is 1.64. The first kappa shape index (κ1) is 25.6. The molecule has 5 rings (SSSR count). The molecule has 1 saturated carbocycles. The lowest BCUT2D eigenvalue weighted by Crippen LogP contribution is -2.77. The predicted octanol–water partition coefficient (Wildman–Crippen LogP) is 1.98. The van der Waals surface area contributed by atoms with E-state index in [2.05, 4.69) is 17.5 Å². The second-order valence-corrected chi connectivity index (χ2v) is 9.92. The SMILES string of the molecule is C=CCN1CC[C@]23c4c5ccc(OCOCCCO)c4O[C@H]2C(=O)CC[C@@]3(OCOCCOC)[C@H]1C5. The molecule has 4 atom stereocenters. The molecule has 2 heterocycles. The minimum Gasteiger partial charge on any atom is -0.477 e. The summed E-state index contributed by atoms with van der Waals surface area (Å²) in [5.41, 5.74) is 0.998. The molecule has 1 aromatic carbocycles. The minimum absolute atomic E-state index is 0.0471. The minimum atomic E-state index is -0.631. The van der Waals surface area contributed by atoms with Crippen LogP contribution in [0.25, 0.3) is 0 Å². The first-order valence-corrected chi connectivity index (χ1v) is 12.9. The van der Waals surface area contributed by atoms with Crippen LogP contribution in [0.15, 0.2) is 24.8 Å². The summed E-state index contributed by atoms with van der Waals surface area (Å²) >= 11 is 0. The second-order valence-electron chi connectivity index (χ2n) is 9.92. The highest BCUT2D eigenvalue weighted by Gasteiger charge is 2.74. The molecule has 1 aromatic rings. The van der Waals surface area contributed by atoms with Crippen molar-refractivity contribution in [2.45, 2.75) is 55.3 Å². The highest BCUT2D eigenvalue weighted by Crippen LogP contribution is 2.66. The van der Waals surface area contributed by atoms with E-state index < -0.39 is 17.1 Å². The van der Waals surface area contributed by atoms with Crippen LogP contribution in [-0.4, -0.2) is 93.7 Å². The van der Waals surface area contributed by atoms with Gasteiger partial charge in [0.1, 0.15) is 12.4 Å². The smallest absolute Gasteiger partial charge is 0.189 e. The maximum absolute atomic E-state index is 13.4. The van der Waals surface area contributed by atoms with Gasteiger partial charge in [-0.1, -0.05) is 12.1 Å². The number of hydrogen-bond donors (Lipinski definition) is 1. The van der Waals surface area contributed by atoms with E-state index in [-0.39, 0.29) is 32.0 Å². The van der Waals surface area contributed by atoms with Crippen molar-refractivity contribution in [2.24, 2.45) is 0 Å².